The lowest BCUT2D eigenvalue weighted by Gasteiger charge is -2.33. The Morgan fingerprint density at radius 3 is 2.21 bits per heavy atom. The third-order valence-corrected chi connectivity index (χ3v) is 4.99. The molecule has 3 N–H and O–H groups in total. The molecule has 0 aromatic heterocycles. The van der Waals surface area contributed by atoms with Gasteiger partial charge in [0.1, 0.15) is 5.82 Å². The number of carbonyl (C=O) groups is 1. The van der Waals surface area contributed by atoms with Crippen molar-refractivity contribution in [1.29, 1.82) is 0 Å². The number of anilines is 2. The van der Waals surface area contributed by atoms with Gasteiger partial charge in [0.2, 0.25) is 0 Å². The quantitative estimate of drug-likeness (QED) is 0.385. The number of halogens is 1. The first-order valence-electron chi connectivity index (χ1n) is 9.10. The summed E-state index contributed by atoms with van der Waals surface area (Å²) < 4.78 is 12.9. The van der Waals surface area contributed by atoms with Crippen molar-refractivity contribution >= 4 is 40.3 Å². The average Bonchev–Trinajstić information content (AvgIpc) is 2.70. The maximum Gasteiger partial charge on any atom is 0.279 e. The number of piperazine rings is 1. The molecule has 0 atom stereocenters. The summed E-state index contributed by atoms with van der Waals surface area (Å²) in [6.45, 7) is 3.21. The number of nitrogens with zero attached hydrogens (tertiary/aromatic N) is 2. The van der Waals surface area contributed by atoms with Crippen molar-refractivity contribution in [2.45, 2.75) is 0 Å². The number of non-ortho nitro benzene ring substituents is 1. The van der Waals surface area contributed by atoms with Gasteiger partial charge >= 0.3 is 0 Å². The highest BCUT2D eigenvalue weighted by Crippen LogP contribution is 2.16. The Bertz CT molecular complexity index is 884. The van der Waals surface area contributed by atoms with Gasteiger partial charge in [0.05, 0.1) is 31.1 Å². The average molecular weight is 418 g/mol. The summed E-state index contributed by atoms with van der Waals surface area (Å²) >= 11 is 5.43. The standard InChI is InChI=1S/C19H20FN5O3S/c20-14-1-3-15(4-2-14)21-18(26)13-23-9-11-24(12-10-23)19(29)22-16-5-7-17(8-6-16)25(27)28/h1-8H,9-13H2,(H,21,26)(H,22,29)/p+1. The fraction of sp³-hybridized carbons (Fsp3) is 0.263. The molecular weight excluding hydrogens is 397 g/mol. The van der Waals surface area contributed by atoms with E-state index in [-0.39, 0.29) is 17.4 Å². The van der Waals surface area contributed by atoms with E-state index >= 15 is 0 Å². The molecule has 10 heteroatoms. The van der Waals surface area contributed by atoms with Crippen LogP contribution >= 0.6 is 12.2 Å². The van der Waals surface area contributed by atoms with Crippen LogP contribution in [-0.4, -0.2) is 53.6 Å². The molecule has 1 heterocycles. The highest BCUT2D eigenvalue weighted by Gasteiger charge is 2.23. The van der Waals surface area contributed by atoms with Crippen LogP contribution in [0.2, 0.25) is 0 Å². The molecule has 2 aromatic rings. The van der Waals surface area contributed by atoms with Crippen molar-refractivity contribution in [2.24, 2.45) is 0 Å². The Kier molecular flexibility index (Phi) is 6.68. The first-order chi connectivity index (χ1) is 13.9. The highest BCUT2D eigenvalue weighted by molar-refractivity contribution is 7.80. The summed E-state index contributed by atoms with van der Waals surface area (Å²) in [5.41, 5.74) is 1.29. The number of benzene rings is 2. The Balaban J connectivity index is 1.43. The number of nitrogens with one attached hydrogen (secondary N) is 3. The maximum absolute atomic E-state index is 12.9. The van der Waals surface area contributed by atoms with E-state index in [1.807, 2.05) is 4.90 Å². The van der Waals surface area contributed by atoms with Gasteiger partial charge in [-0.3, -0.25) is 14.9 Å². The Labute approximate surface area is 172 Å². The van der Waals surface area contributed by atoms with Gasteiger partial charge in [0.25, 0.3) is 11.6 Å². The molecule has 1 aliphatic heterocycles. The molecule has 0 aliphatic carbocycles. The van der Waals surface area contributed by atoms with E-state index in [2.05, 4.69) is 10.6 Å². The van der Waals surface area contributed by atoms with Gasteiger partial charge in [0.15, 0.2) is 11.7 Å². The van der Waals surface area contributed by atoms with Gasteiger partial charge in [-0.2, -0.15) is 0 Å². The number of rotatable bonds is 5. The second kappa shape index (κ2) is 9.39. The summed E-state index contributed by atoms with van der Waals surface area (Å²) in [5, 5.41) is 17.1. The third-order valence-electron chi connectivity index (χ3n) is 4.63. The molecule has 1 fully saturated rings. The Morgan fingerprint density at radius 1 is 1.07 bits per heavy atom. The van der Waals surface area contributed by atoms with Crippen LogP contribution in [0.5, 0.6) is 0 Å². The molecule has 3 rings (SSSR count). The number of nitro groups is 1. The molecule has 29 heavy (non-hydrogen) atoms. The number of hydrogen-bond donors (Lipinski definition) is 3. The van der Waals surface area contributed by atoms with Crippen LogP contribution in [0, 0.1) is 15.9 Å². The molecule has 0 saturated carbocycles. The predicted molar refractivity (Wildman–Crippen MR) is 111 cm³/mol. The molecule has 0 unspecified atom stereocenters. The van der Waals surface area contributed by atoms with Crippen molar-refractivity contribution < 1.29 is 19.0 Å². The highest BCUT2D eigenvalue weighted by atomic mass is 32.1. The van der Waals surface area contributed by atoms with Crippen molar-refractivity contribution in [2.75, 3.05) is 43.4 Å². The topological polar surface area (TPSA) is 92.0 Å². The fourth-order valence-corrected chi connectivity index (χ4v) is 3.34. The normalized spacial score (nSPS) is 14.3. The van der Waals surface area contributed by atoms with Crippen LogP contribution in [0.15, 0.2) is 48.5 Å². The second-order valence-electron chi connectivity index (χ2n) is 6.70. The SMILES string of the molecule is O=C(C[NH+]1CCN(C(=S)Nc2ccc([N+](=O)[O-])cc2)CC1)Nc1ccc(F)cc1. The van der Waals surface area contributed by atoms with E-state index in [0.717, 1.165) is 18.0 Å². The van der Waals surface area contributed by atoms with Gasteiger partial charge in [-0.05, 0) is 48.6 Å². The van der Waals surface area contributed by atoms with E-state index in [1.54, 1.807) is 12.1 Å². The lowest BCUT2D eigenvalue weighted by Crippen LogP contribution is -3.15. The fourth-order valence-electron chi connectivity index (χ4n) is 3.04. The van der Waals surface area contributed by atoms with E-state index in [9.17, 15) is 19.3 Å². The third kappa shape index (κ3) is 5.93. The number of hydrogen-bond acceptors (Lipinski definition) is 4. The summed E-state index contributed by atoms with van der Waals surface area (Å²) in [4.78, 5) is 25.6. The zero-order valence-corrected chi connectivity index (χ0v) is 16.4. The Morgan fingerprint density at radius 2 is 1.62 bits per heavy atom. The number of amides is 1. The molecule has 152 valence electrons. The first-order valence-corrected chi connectivity index (χ1v) is 9.51. The summed E-state index contributed by atoms with van der Waals surface area (Å²) in [6.07, 6.45) is 0. The Hall–Kier alpha value is -3.11. The molecule has 8 nitrogen and oxygen atoms in total. The van der Waals surface area contributed by atoms with Gasteiger partial charge in [0, 0.05) is 23.5 Å². The number of nitro benzene ring substituents is 1. The van der Waals surface area contributed by atoms with Crippen molar-refractivity contribution in [1.82, 2.24) is 4.90 Å². The van der Waals surface area contributed by atoms with E-state index in [0.29, 0.717) is 36.1 Å². The zero-order chi connectivity index (χ0) is 20.8. The van der Waals surface area contributed by atoms with Crippen LogP contribution in [0.25, 0.3) is 0 Å². The zero-order valence-electron chi connectivity index (χ0n) is 15.6. The van der Waals surface area contributed by atoms with Crippen LogP contribution in [0.1, 0.15) is 0 Å². The van der Waals surface area contributed by atoms with Crippen molar-refractivity contribution in [3.63, 3.8) is 0 Å². The van der Waals surface area contributed by atoms with Crippen LogP contribution in [-0.2, 0) is 4.79 Å². The second-order valence-corrected chi connectivity index (χ2v) is 7.09. The van der Waals surface area contributed by atoms with Gasteiger partial charge in [-0.15, -0.1) is 0 Å². The number of carbonyl (C=O) groups excluding carboxylic acids is 1. The van der Waals surface area contributed by atoms with Crippen LogP contribution in [0.4, 0.5) is 21.5 Å². The molecule has 1 amide bonds. The lowest BCUT2D eigenvalue weighted by molar-refractivity contribution is -0.895. The molecule has 0 radical (unpaired) electrons. The molecule has 0 spiro atoms. The van der Waals surface area contributed by atoms with Gasteiger partial charge in [-0.25, -0.2) is 4.39 Å². The molecule has 0 bridgehead atoms. The van der Waals surface area contributed by atoms with Gasteiger partial charge < -0.3 is 20.4 Å². The van der Waals surface area contributed by atoms with Gasteiger partial charge in [-0.1, -0.05) is 0 Å². The number of quaternary nitrogens is 1. The minimum Gasteiger partial charge on any atom is -0.338 e. The summed E-state index contributed by atoms with van der Waals surface area (Å²) in [7, 11) is 0. The van der Waals surface area contributed by atoms with E-state index < -0.39 is 4.92 Å². The minimum atomic E-state index is -0.448. The van der Waals surface area contributed by atoms with E-state index in [4.69, 9.17) is 12.2 Å². The molecule has 1 aliphatic rings. The van der Waals surface area contributed by atoms with Crippen LogP contribution in [0.3, 0.4) is 0 Å². The maximum atomic E-state index is 12.9. The molecule has 1 saturated heterocycles. The summed E-state index contributed by atoms with van der Waals surface area (Å²) in [5.74, 6) is -0.463. The lowest BCUT2D eigenvalue weighted by atomic mass is 10.3. The minimum absolute atomic E-state index is 0.0256. The smallest absolute Gasteiger partial charge is 0.279 e. The number of thiocarbonyl (C=S) groups is 1. The monoisotopic (exact) mass is 418 g/mol. The predicted octanol–water partition coefficient (Wildman–Crippen LogP) is 1.27. The van der Waals surface area contributed by atoms with Crippen LogP contribution < -0.4 is 15.5 Å². The van der Waals surface area contributed by atoms with Crippen molar-refractivity contribution in [3.8, 4) is 0 Å². The largest absolute Gasteiger partial charge is 0.338 e. The molecular formula is C19H21FN5O3S+. The summed E-state index contributed by atoms with van der Waals surface area (Å²) in [6, 6.07) is 11.8. The van der Waals surface area contributed by atoms with E-state index in [1.165, 1.54) is 36.4 Å². The first kappa shape index (κ1) is 20.6. The molecule has 2 aromatic carbocycles. The van der Waals surface area contributed by atoms with Crippen molar-refractivity contribution in [3.05, 3.63) is 64.5 Å².